The van der Waals surface area contributed by atoms with Gasteiger partial charge in [-0.2, -0.15) is 0 Å². The fourth-order valence-electron chi connectivity index (χ4n) is 1.40. The largest absolute Gasteiger partial charge is 0.398 e. The number of rotatable bonds is 5. The number of halogens is 1. The van der Waals surface area contributed by atoms with E-state index in [-0.39, 0.29) is 5.75 Å². The van der Waals surface area contributed by atoms with Gasteiger partial charge in [-0.15, -0.1) is 0 Å². The Morgan fingerprint density at radius 3 is 2.59 bits per heavy atom. The molecule has 0 aromatic heterocycles. The highest BCUT2D eigenvalue weighted by Crippen LogP contribution is 2.19. The average molecular weight is 321 g/mol. The van der Waals surface area contributed by atoms with Crippen molar-refractivity contribution in [3.8, 4) is 0 Å². The van der Waals surface area contributed by atoms with E-state index in [2.05, 4.69) is 15.9 Å². The van der Waals surface area contributed by atoms with Gasteiger partial charge in [0.25, 0.3) is 0 Å². The van der Waals surface area contributed by atoms with E-state index in [0.29, 0.717) is 18.8 Å². The molecule has 0 fully saturated rings. The van der Waals surface area contributed by atoms with E-state index in [1.54, 1.807) is 0 Å². The minimum atomic E-state index is -2.91. The smallest absolute Gasteiger partial charge is 0.148 e. The SMILES string of the molecule is CN(CCS(C)(=O)=O)Cc1ccc(Br)cc1N. The lowest BCUT2D eigenvalue weighted by molar-refractivity contribution is 0.347. The number of nitrogen functional groups attached to an aromatic ring is 1. The Kier molecular flexibility index (Phi) is 4.97. The first-order chi connectivity index (χ1) is 7.78. The van der Waals surface area contributed by atoms with Crippen LogP contribution in [-0.4, -0.2) is 38.9 Å². The number of hydrogen-bond donors (Lipinski definition) is 1. The quantitative estimate of drug-likeness (QED) is 0.835. The fraction of sp³-hybridized carbons (Fsp3) is 0.455. The van der Waals surface area contributed by atoms with E-state index in [1.807, 2.05) is 30.1 Å². The second-order valence-electron chi connectivity index (χ2n) is 4.21. The van der Waals surface area contributed by atoms with Crippen LogP contribution in [0.3, 0.4) is 0 Å². The van der Waals surface area contributed by atoms with Crippen molar-refractivity contribution in [3.63, 3.8) is 0 Å². The Morgan fingerprint density at radius 1 is 1.41 bits per heavy atom. The molecule has 0 radical (unpaired) electrons. The summed E-state index contributed by atoms with van der Waals surface area (Å²) in [6.45, 7) is 1.16. The van der Waals surface area contributed by atoms with Gasteiger partial charge in [0.15, 0.2) is 0 Å². The number of sulfone groups is 1. The molecule has 0 amide bonds. The molecule has 0 atom stereocenters. The van der Waals surface area contributed by atoms with E-state index in [0.717, 1.165) is 10.0 Å². The van der Waals surface area contributed by atoms with Gasteiger partial charge in [0, 0.05) is 29.5 Å². The molecule has 0 saturated heterocycles. The molecule has 0 bridgehead atoms. The summed E-state index contributed by atoms with van der Waals surface area (Å²) < 4.78 is 23.0. The van der Waals surface area contributed by atoms with Crippen LogP contribution >= 0.6 is 15.9 Å². The summed E-state index contributed by atoms with van der Waals surface area (Å²) in [5.41, 5.74) is 7.59. The molecule has 0 spiro atoms. The van der Waals surface area contributed by atoms with Crippen LogP contribution in [0.4, 0.5) is 5.69 Å². The van der Waals surface area contributed by atoms with Crippen molar-refractivity contribution in [1.82, 2.24) is 4.90 Å². The Balaban J connectivity index is 2.59. The van der Waals surface area contributed by atoms with Crippen molar-refractivity contribution >= 4 is 31.5 Å². The van der Waals surface area contributed by atoms with Crippen LogP contribution in [0.1, 0.15) is 5.56 Å². The van der Waals surface area contributed by atoms with Gasteiger partial charge in [0.05, 0.1) is 5.75 Å². The van der Waals surface area contributed by atoms with Crippen LogP contribution in [0.5, 0.6) is 0 Å². The highest BCUT2D eigenvalue weighted by molar-refractivity contribution is 9.10. The van der Waals surface area contributed by atoms with Gasteiger partial charge >= 0.3 is 0 Å². The third kappa shape index (κ3) is 5.52. The lowest BCUT2D eigenvalue weighted by atomic mass is 10.2. The minimum absolute atomic E-state index is 0.167. The summed E-state index contributed by atoms with van der Waals surface area (Å²) >= 11 is 3.35. The Bertz CT molecular complexity index is 488. The van der Waals surface area contributed by atoms with Crippen LogP contribution in [0, 0.1) is 0 Å². The Labute approximate surface area is 111 Å². The fourth-order valence-corrected chi connectivity index (χ4v) is 2.42. The highest BCUT2D eigenvalue weighted by Gasteiger charge is 2.07. The third-order valence-electron chi connectivity index (χ3n) is 2.39. The van der Waals surface area contributed by atoms with E-state index < -0.39 is 9.84 Å². The van der Waals surface area contributed by atoms with Crippen molar-refractivity contribution in [1.29, 1.82) is 0 Å². The van der Waals surface area contributed by atoms with Crippen molar-refractivity contribution in [2.75, 3.05) is 31.3 Å². The van der Waals surface area contributed by atoms with Gasteiger partial charge in [0.2, 0.25) is 0 Å². The first kappa shape index (κ1) is 14.5. The second-order valence-corrected chi connectivity index (χ2v) is 7.39. The minimum Gasteiger partial charge on any atom is -0.398 e. The van der Waals surface area contributed by atoms with Gasteiger partial charge in [-0.3, -0.25) is 0 Å². The van der Waals surface area contributed by atoms with Gasteiger partial charge in [-0.05, 0) is 24.7 Å². The molecule has 6 heteroatoms. The average Bonchev–Trinajstić information content (AvgIpc) is 2.18. The van der Waals surface area contributed by atoms with E-state index >= 15 is 0 Å². The van der Waals surface area contributed by atoms with E-state index in [1.165, 1.54) is 6.26 Å². The first-order valence-electron chi connectivity index (χ1n) is 5.18. The number of nitrogens with two attached hydrogens (primary N) is 1. The van der Waals surface area contributed by atoms with Crippen LogP contribution < -0.4 is 5.73 Å². The maximum Gasteiger partial charge on any atom is 0.148 e. The number of hydrogen-bond acceptors (Lipinski definition) is 4. The molecule has 0 heterocycles. The Morgan fingerprint density at radius 2 is 2.06 bits per heavy atom. The topological polar surface area (TPSA) is 63.4 Å². The predicted octanol–water partition coefficient (Wildman–Crippen LogP) is 1.51. The lowest BCUT2D eigenvalue weighted by Gasteiger charge is -2.17. The van der Waals surface area contributed by atoms with Crippen LogP contribution in [-0.2, 0) is 16.4 Å². The van der Waals surface area contributed by atoms with Gasteiger partial charge in [-0.25, -0.2) is 8.42 Å². The molecule has 0 aliphatic rings. The van der Waals surface area contributed by atoms with E-state index in [9.17, 15) is 8.42 Å². The maximum absolute atomic E-state index is 11.0. The molecule has 2 N–H and O–H groups in total. The molecule has 96 valence electrons. The molecular weight excluding hydrogens is 304 g/mol. The first-order valence-corrected chi connectivity index (χ1v) is 8.03. The highest BCUT2D eigenvalue weighted by atomic mass is 79.9. The van der Waals surface area contributed by atoms with Crippen molar-refractivity contribution < 1.29 is 8.42 Å². The monoisotopic (exact) mass is 320 g/mol. The summed E-state index contributed by atoms with van der Waals surface area (Å²) in [6.07, 6.45) is 1.24. The second kappa shape index (κ2) is 5.84. The van der Waals surface area contributed by atoms with Crippen LogP contribution in [0.2, 0.25) is 0 Å². The van der Waals surface area contributed by atoms with Gasteiger partial charge < -0.3 is 10.6 Å². The molecule has 4 nitrogen and oxygen atoms in total. The molecule has 0 aliphatic heterocycles. The van der Waals surface area contributed by atoms with Crippen molar-refractivity contribution in [3.05, 3.63) is 28.2 Å². The summed E-state index contributed by atoms with van der Waals surface area (Å²) in [7, 11) is -1.03. The summed E-state index contributed by atoms with van der Waals surface area (Å²) in [6, 6.07) is 5.71. The zero-order valence-corrected chi connectivity index (χ0v) is 12.4. The number of anilines is 1. The number of nitrogens with zero attached hydrogens (tertiary/aromatic N) is 1. The van der Waals surface area contributed by atoms with Crippen LogP contribution in [0.15, 0.2) is 22.7 Å². The molecular formula is C11H17BrN2O2S. The molecule has 0 saturated carbocycles. The normalized spacial score (nSPS) is 12.0. The zero-order valence-electron chi connectivity index (χ0n) is 9.98. The molecule has 0 aliphatic carbocycles. The van der Waals surface area contributed by atoms with Gasteiger partial charge in [-0.1, -0.05) is 22.0 Å². The van der Waals surface area contributed by atoms with Crippen molar-refractivity contribution in [2.24, 2.45) is 0 Å². The molecule has 1 aromatic rings. The third-order valence-corrected chi connectivity index (χ3v) is 3.81. The lowest BCUT2D eigenvalue weighted by Crippen LogP contribution is -2.25. The summed E-state index contributed by atoms with van der Waals surface area (Å²) in [5.74, 6) is 0.167. The molecule has 1 rings (SSSR count). The maximum atomic E-state index is 11.0. The molecule has 17 heavy (non-hydrogen) atoms. The predicted molar refractivity (Wildman–Crippen MR) is 74.6 cm³/mol. The van der Waals surface area contributed by atoms with Crippen molar-refractivity contribution in [2.45, 2.75) is 6.54 Å². The Hall–Kier alpha value is -0.590. The summed E-state index contributed by atoms with van der Waals surface area (Å²) in [5, 5.41) is 0. The van der Waals surface area contributed by atoms with E-state index in [4.69, 9.17) is 5.73 Å². The summed E-state index contributed by atoms with van der Waals surface area (Å²) in [4.78, 5) is 1.95. The molecule has 1 aromatic carbocycles. The standard InChI is InChI=1S/C11H17BrN2O2S/c1-14(5-6-17(2,15)16)8-9-3-4-10(12)7-11(9)13/h3-4,7H,5-6,8,13H2,1-2H3. The van der Waals surface area contributed by atoms with Gasteiger partial charge in [0.1, 0.15) is 9.84 Å². The number of benzene rings is 1. The zero-order chi connectivity index (χ0) is 13.1. The molecule has 0 unspecified atom stereocenters. The van der Waals surface area contributed by atoms with Crippen LogP contribution in [0.25, 0.3) is 0 Å².